The van der Waals surface area contributed by atoms with Crippen LogP contribution in [0.1, 0.15) is 6.42 Å². The zero-order chi connectivity index (χ0) is 17.6. The van der Waals surface area contributed by atoms with Gasteiger partial charge in [-0.05, 0) is 18.6 Å². The number of nitrogens with one attached hydrogen (secondary N) is 1. The van der Waals surface area contributed by atoms with Gasteiger partial charge in [-0.3, -0.25) is 9.69 Å². The Morgan fingerprint density at radius 1 is 1.24 bits per heavy atom. The number of para-hydroxylation sites is 1. The van der Waals surface area contributed by atoms with Gasteiger partial charge in [-0.1, -0.05) is 18.2 Å². The summed E-state index contributed by atoms with van der Waals surface area (Å²) in [6.45, 7) is 5.32. The number of benzene rings is 1. The van der Waals surface area contributed by atoms with Crippen molar-refractivity contribution in [2.24, 2.45) is 0 Å². The molecule has 0 saturated carbocycles. The molecule has 2 fully saturated rings. The number of likely N-dealkylation sites (N-methyl/N-ethyl adjacent to an activating group) is 1. The highest BCUT2D eigenvalue weighted by Crippen LogP contribution is 2.23. The number of morpholine rings is 1. The molecule has 2 aliphatic rings. The number of nitrogens with zero attached hydrogens (tertiary/aromatic N) is 3. The number of rotatable bonds is 5. The zero-order valence-corrected chi connectivity index (χ0v) is 14.7. The Bertz CT molecular complexity index is 589. The maximum atomic E-state index is 12.7. The van der Waals surface area contributed by atoms with Crippen molar-refractivity contribution >= 4 is 17.6 Å². The van der Waals surface area contributed by atoms with Gasteiger partial charge >= 0.3 is 6.03 Å². The number of hydrogen-bond donors (Lipinski definition) is 1. The van der Waals surface area contributed by atoms with E-state index in [1.807, 2.05) is 30.3 Å². The van der Waals surface area contributed by atoms with Crippen LogP contribution >= 0.6 is 0 Å². The van der Waals surface area contributed by atoms with E-state index in [0.717, 1.165) is 38.5 Å². The summed E-state index contributed by atoms with van der Waals surface area (Å²) in [6, 6.07) is 9.00. The normalized spacial score (nSPS) is 21.4. The van der Waals surface area contributed by atoms with E-state index >= 15 is 0 Å². The molecule has 1 aromatic rings. The first-order chi connectivity index (χ1) is 12.2. The number of urea groups is 1. The van der Waals surface area contributed by atoms with Gasteiger partial charge in [0.15, 0.2) is 0 Å². The van der Waals surface area contributed by atoms with Gasteiger partial charge < -0.3 is 19.9 Å². The summed E-state index contributed by atoms with van der Waals surface area (Å²) in [6.07, 6.45) is 0.654. The Morgan fingerprint density at radius 3 is 2.68 bits per heavy atom. The SMILES string of the molecule is CN(C(=O)NCCN1CCOCC1)[C@H]1CCN(c2ccccc2)C1=O. The van der Waals surface area contributed by atoms with E-state index in [0.29, 0.717) is 19.5 Å². The van der Waals surface area contributed by atoms with Gasteiger partial charge in [0.25, 0.3) is 0 Å². The topological polar surface area (TPSA) is 65.1 Å². The molecule has 2 heterocycles. The average Bonchev–Trinajstić information content (AvgIpc) is 3.04. The second-order valence-electron chi connectivity index (χ2n) is 6.43. The van der Waals surface area contributed by atoms with E-state index in [4.69, 9.17) is 4.74 Å². The van der Waals surface area contributed by atoms with E-state index in [1.54, 1.807) is 11.9 Å². The van der Waals surface area contributed by atoms with Crippen molar-refractivity contribution in [2.75, 3.05) is 57.9 Å². The molecule has 7 heteroatoms. The Kier molecular flexibility index (Phi) is 5.88. The Morgan fingerprint density at radius 2 is 1.96 bits per heavy atom. The molecular formula is C18H26N4O3. The Hall–Kier alpha value is -2.12. The Balaban J connectivity index is 1.48. The number of carbonyl (C=O) groups excluding carboxylic acids is 2. The van der Waals surface area contributed by atoms with Crippen molar-refractivity contribution in [2.45, 2.75) is 12.5 Å². The van der Waals surface area contributed by atoms with E-state index in [9.17, 15) is 9.59 Å². The summed E-state index contributed by atoms with van der Waals surface area (Å²) < 4.78 is 5.31. The third-order valence-corrected chi connectivity index (χ3v) is 4.84. The van der Waals surface area contributed by atoms with Gasteiger partial charge in [0.05, 0.1) is 13.2 Å². The molecule has 0 unspecified atom stereocenters. The zero-order valence-electron chi connectivity index (χ0n) is 14.7. The van der Waals surface area contributed by atoms with Crippen LogP contribution in [0.4, 0.5) is 10.5 Å². The monoisotopic (exact) mass is 346 g/mol. The average molecular weight is 346 g/mol. The fraction of sp³-hybridized carbons (Fsp3) is 0.556. The van der Waals surface area contributed by atoms with Gasteiger partial charge in [-0.15, -0.1) is 0 Å². The summed E-state index contributed by atoms with van der Waals surface area (Å²) in [4.78, 5) is 30.6. The molecule has 0 spiro atoms. The van der Waals surface area contributed by atoms with Crippen LogP contribution in [0.15, 0.2) is 30.3 Å². The maximum Gasteiger partial charge on any atom is 0.317 e. The standard InChI is InChI=1S/C18H26N4O3/c1-20(18(24)19-8-10-21-11-13-25-14-12-21)16-7-9-22(17(16)23)15-5-3-2-4-6-15/h2-6,16H,7-14H2,1H3,(H,19,24)/t16-/m0/s1. The van der Waals surface area contributed by atoms with Gasteiger partial charge in [0.2, 0.25) is 5.91 Å². The highest BCUT2D eigenvalue weighted by Gasteiger charge is 2.37. The van der Waals surface area contributed by atoms with Crippen LogP contribution in [0.25, 0.3) is 0 Å². The van der Waals surface area contributed by atoms with Crippen molar-refractivity contribution in [1.29, 1.82) is 0 Å². The summed E-state index contributed by atoms with van der Waals surface area (Å²) in [5.74, 6) is -0.0166. The van der Waals surface area contributed by atoms with Crippen LogP contribution in [0.2, 0.25) is 0 Å². The molecule has 25 heavy (non-hydrogen) atoms. The molecule has 0 aromatic heterocycles. The summed E-state index contributed by atoms with van der Waals surface area (Å²) >= 11 is 0. The van der Waals surface area contributed by atoms with Gasteiger partial charge in [0, 0.05) is 45.5 Å². The van der Waals surface area contributed by atoms with E-state index in [2.05, 4.69) is 10.2 Å². The predicted molar refractivity (Wildman–Crippen MR) is 95.6 cm³/mol. The van der Waals surface area contributed by atoms with E-state index < -0.39 is 6.04 Å². The quantitative estimate of drug-likeness (QED) is 0.855. The minimum absolute atomic E-state index is 0.0166. The molecule has 136 valence electrons. The third-order valence-electron chi connectivity index (χ3n) is 4.84. The molecular weight excluding hydrogens is 320 g/mol. The Labute approximate surface area is 148 Å². The first kappa shape index (κ1) is 17.7. The van der Waals surface area contributed by atoms with Crippen LogP contribution in [0, 0.1) is 0 Å². The van der Waals surface area contributed by atoms with Gasteiger partial charge in [-0.2, -0.15) is 0 Å². The van der Waals surface area contributed by atoms with Crippen molar-refractivity contribution in [3.05, 3.63) is 30.3 Å². The molecule has 1 N–H and O–H groups in total. The van der Waals surface area contributed by atoms with Crippen molar-refractivity contribution in [1.82, 2.24) is 15.1 Å². The second kappa shape index (κ2) is 8.31. The number of carbonyl (C=O) groups is 2. The van der Waals surface area contributed by atoms with Crippen LogP contribution in [-0.2, 0) is 9.53 Å². The summed E-state index contributed by atoms with van der Waals surface area (Å²) in [5.41, 5.74) is 0.885. The maximum absolute atomic E-state index is 12.7. The lowest BCUT2D eigenvalue weighted by Gasteiger charge is -2.28. The lowest BCUT2D eigenvalue weighted by atomic mass is 10.2. The fourth-order valence-corrected chi connectivity index (χ4v) is 3.30. The molecule has 2 aliphatic heterocycles. The van der Waals surface area contributed by atoms with Crippen molar-refractivity contribution in [3.8, 4) is 0 Å². The molecule has 7 nitrogen and oxygen atoms in total. The summed E-state index contributed by atoms with van der Waals surface area (Å²) in [7, 11) is 1.70. The van der Waals surface area contributed by atoms with Gasteiger partial charge in [0.1, 0.15) is 6.04 Å². The predicted octanol–water partition coefficient (Wildman–Crippen LogP) is 0.766. The molecule has 1 atom stereocenters. The minimum atomic E-state index is -0.399. The van der Waals surface area contributed by atoms with E-state index in [-0.39, 0.29) is 11.9 Å². The largest absolute Gasteiger partial charge is 0.379 e. The van der Waals surface area contributed by atoms with Gasteiger partial charge in [-0.25, -0.2) is 4.79 Å². The lowest BCUT2D eigenvalue weighted by molar-refractivity contribution is -0.120. The first-order valence-corrected chi connectivity index (χ1v) is 8.84. The fourth-order valence-electron chi connectivity index (χ4n) is 3.30. The molecule has 3 rings (SSSR count). The number of hydrogen-bond acceptors (Lipinski definition) is 4. The van der Waals surface area contributed by atoms with Crippen LogP contribution in [0.3, 0.4) is 0 Å². The number of amides is 3. The van der Waals surface area contributed by atoms with Crippen LogP contribution in [-0.4, -0.2) is 80.8 Å². The van der Waals surface area contributed by atoms with Crippen LogP contribution < -0.4 is 10.2 Å². The third kappa shape index (κ3) is 4.29. The second-order valence-corrected chi connectivity index (χ2v) is 6.43. The highest BCUT2D eigenvalue weighted by atomic mass is 16.5. The summed E-state index contributed by atoms with van der Waals surface area (Å²) in [5, 5.41) is 2.92. The highest BCUT2D eigenvalue weighted by molar-refractivity contribution is 6.01. The van der Waals surface area contributed by atoms with Crippen molar-refractivity contribution < 1.29 is 14.3 Å². The minimum Gasteiger partial charge on any atom is -0.379 e. The molecule has 0 radical (unpaired) electrons. The smallest absolute Gasteiger partial charge is 0.317 e. The molecule has 0 bridgehead atoms. The first-order valence-electron chi connectivity index (χ1n) is 8.84. The lowest BCUT2D eigenvalue weighted by Crippen LogP contribution is -2.49. The van der Waals surface area contributed by atoms with Crippen LogP contribution in [0.5, 0.6) is 0 Å². The molecule has 0 aliphatic carbocycles. The molecule has 2 saturated heterocycles. The number of anilines is 1. The van der Waals surface area contributed by atoms with Crippen molar-refractivity contribution in [3.63, 3.8) is 0 Å². The molecule has 1 aromatic carbocycles. The molecule has 3 amide bonds. The number of ether oxygens (including phenoxy) is 1. The van der Waals surface area contributed by atoms with E-state index in [1.165, 1.54) is 4.90 Å².